The van der Waals surface area contributed by atoms with Crippen molar-refractivity contribution in [1.82, 2.24) is 30.8 Å². The third kappa shape index (κ3) is 5.24. The Hall–Kier alpha value is -4.24. The molecular formula is C29H31N7O2. The highest BCUT2D eigenvalue weighted by atomic mass is 16.5. The molecule has 9 nitrogen and oxygen atoms in total. The molecule has 4 N–H and O–H groups in total. The molecule has 6 rings (SSSR count). The summed E-state index contributed by atoms with van der Waals surface area (Å²) >= 11 is 0. The first-order chi connectivity index (χ1) is 18.6. The van der Waals surface area contributed by atoms with Crippen LogP contribution >= 0.6 is 0 Å². The Morgan fingerprint density at radius 1 is 1.16 bits per heavy atom. The number of ether oxygens (including phenoxy) is 1. The Labute approximate surface area is 221 Å². The van der Waals surface area contributed by atoms with Crippen LogP contribution in [0.25, 0.3) is 28.4 Å². The highest BCUT2D eigenvalue weighted by molar-refractivity contribution is 5.91. The van der Waals surface area contributed by atoms with E-state index in [9.17, 15) is 4.79 Å². The molecule has 2 aromatic carbocycles. The number of nitrogens with one attached hydrogen (secondary N) is 4. The van der Waals surface area contributed by atoms with Crippen molar-refractivity contribution in [1.29, 1.82) is 0 Å². The molecule has 1 amide bonds. The number of rotatable bonds is 8. The summed E-state index contributed by atoms with van der Waals surface area (Å²) in [5, 5.41) is 18.1. The van der Waals surface area contributed by atoms with Crippen LogP contribution in [0.2, 0.25) is 0 Å². The van der Waals surface area contributed by atoms with E-state index in [1.807, 2.05) is 54.7 Å². The fraction of sp³-hybridized carbons (Fsp3) is 0.310. The number of benzene rings is 2. The van der Waals surface area contributed by atoms with Gasteiger partial charge in [0, 0.05) is 33.9 Å². The van der Waals surface area contributed by atoms with Crippen LogP contribution in [0, 0.1) is 5.92 Å². The molecule has 1 unspecified atom stereocenters. The van der Waals surface area contributed by atoms with Gasteiger partial charge in [0.2, 0.25) is 0 Å². The van der Waals surface area contributed by atoms with Crippen molar-refractivity contribution < 1.29 is 9.53 Å². The summed E-state index contributed by atoms with van der Waals surface area (Å²) in [5.74, 6) is 2.28. The molecule has 9 heteroatoms. The number of H-pyrrole nitrogens is 1. The van der Waals surface area contributed by atoms with Gasteiger partial charge in [-0.05, 0) is 75.5 Å². The number of nitrogens with zero attached hydrogens (tertiary/aromatic N) is 3. The van der Waals surface area contributed by atoms with E-state index in [4.69, 9.17) is 14.7 Å². The maximum absolute atomic E-state index is 12.5. The van der Waals surface area contributed by atoms with Crippen molar-refractivity contribution in [3.05, 3.63) is 71.7 Å². The Morgan fingerprint density at radius 3 is 2.97 bits per heavy atom. The summed E-state index contributed by atoms with van der Waals surface area (Å²) in [7, 11) is 0. The number of hydrogen-bond acceptors (Lipinski definition) is 7. The van der Waals surface area contributed by atoms with E-state index in [0.717, 1.165) is 71.6 Å². The normalized spacial score (nSPS) is 17.5. The highest BCUT2D eigenvalue weighted by Crippen LogP contribution is 2.30. The average molecular weight is 510 g/mol. The molecule has 4 aromatic rings. The lowest BCUT2D eigenvalue weighted by atomic mass is 10.0. The molecule has 3 heterocycles. The number of allylic oxidation sites excluding steroid dienone is 1. The number of aryl methyl sites for hydroxylation is 1. The highest BCUT2D eigenvalue weighted by Gasteiger charge is 2.22. The van der Waals surface area contributed by atoms with Crippen LogP contribution in [0.5, 0.6) is 5.75 Å². The van der Waals surface area contributed by atoms with Crippen molar-refractivity contribution in [2.45, 2.75) is 32.2 Å². The van der Waals surface area contributed by atoms with Gasteiger partial charge >= 0.3 is 0 Å². The second kappa shape index (κ2) is 10.6. The SMILES string of the molecule is C[C@@H](NC(=O)COc1cccc(-c2nc(NC3=Cc4cn[nH]c4CC3)c3ccccc3n2)c1)C1CCNC1. The monoisotopic (exact) mass is 509 g/mol. The molecule has 2 aliphatic rings. The molecule has 2 atom stereocenters. The minimum Gasteiger partial charge on any atom is -0.484 e. The summed E-state index contributed by atoms with van der Waals surface area (Å²) < 4.78 is 5.84. The van der Waals surface area contributed by atoms with Gasteiger partial charge in [0.25, 0.3) is 5.91 Å². The van der Waals surface area contributed by atoms with E-state index in [1.54, 1.807) is 0 Å². The van der Waals surface area contributed by atoms with E-state index in [-0.39, 0.29) is 18.6 Å². The van der Waals surface area contributed by atoms with E-state index in [2.05, 4.69) is 39.1 Å². The van der Waals surface area contributed by atoms with Gasteiger partial charge in [0.1, 0.15) is 11.6 Å². The maximum Gasteiger partial charge on any atom is 0.258 e. The smallest absolute Gasteiger partial charge is 0.258 e. The zero-order valence-corrected chi connectivity index (χ0v) is 21.3. The number of carbonyl (C=O) groups is 1. The Morgan fingerprint density at radius 2 is 2.08 bits per heavy atom. The molecule has 1 aliphatic heterocycles. The number of amides is 1. The van der Waals surface area contributed by atoms with Crippen molar-refractivity contribution >= 4 is 28.7 Å². The molecule has 194 valence electrons. The minimum atomic E-state index is -0.121. The van der Waals surface area contributed by atoms with Crippen LogP contribution in [0.15, 0.2) is 60.4 Å². The molecule has 0 spiro atoms. The van der Waals surface area contributed by atoms with Gasteiger partial charge in [-0.15, -0.1) is 0 Å². The van der Waals surface area contributed by atoms with E-state index in [0.29, 0.717) is 17.5 Å². The van der Waals surface area contributed by atoms with Gasteiger partial charge in [-0.3, -0.25) is 9.89 Å². The number of aromatic nitrogens is 4. The van der Waals surface area contributed by atoms with Crippen LogP contribution in [-0.4, -0.2) is 51.8 Å². The van der Waals surface area contributed by atoms with E-state index >= 15 is 0 Å². The van der Waals surface area contributed by atoms with Crippen LogP contribution in [-0.2, 0) is 11.2 Å². The molecule has 0 radical (unpaired) electrons. The first-order valence-corrected chi connectivity index (χ1v) is 13.1. The van der Waals surface area contributed by atoms with Crippen molar-refractivity contribution in [3.63, 3.8) is 0 Å². The lowest BCUT2D eigenvalue weighted by Gasteiger charge is -2.20. The third-order valence-electron chi connectivity index (χ3n) is 7.26. The first kappa shape index (κ1) is 24.1. The number of para-hydroxylation sites is 1. The maximum atomic E-state index is 12.5. The van der Waals surface area contributed by atoms with Crippen molar-refractivity contribution in [2.24, 2.45) is 5.92 Å². The topological polar surface area (TPSA) is 117 Å². The number of fused-ring (bicyclic) bond motifs is 2. The largest absolute Gasteiger partial charge is 0.484 e. The summed E-state index contributed by atoms with van der Waals surface area (Å²) in [6.45, 7) is 3.96. The Bertz CT molecular complexity index is 1490. The summed E-state index contributed by atoms with van der Waals surface area (Å²) in [6, 6.07) is 15.7. The third-order valence-corrected chi connectivity index (χ3v) is 7.26. The fourth-order valence-corrected chi connectivity index (χ4v) is 5.11. The van der Waals surface area contributed by atoms with Gasteiger partial charge in [0.15, 0.2) is 12.4 Å². The number of anilines is 1. The second-order valence-corrected chi connectivity index (χ2v) is 9.94. The molecule has 38 heavy (non-hydrogen) atoms. The molecular weight excluding hydrogens is 478 g/mol. The van der Waals surface area contributed by atoms with Crippen LogP contribution in [0.1, 0.15) is 31.0 Å². The predicted octanol–water partition coefficient (Wildman–Crippen LogP) is 3.91. The lowest BCUT2D eigenvalue weighted by molar-refractivity contribution is -0.124. The number of hydrogen-bond donors (Lipinski definition) is 4. The predicted molar refractivity (Wildman–Crippen MR) is 148 cm³/mol. The van der Waals surface area contributed by atoms with Gasteiger partial charge in [0.05, 0.1) is 11.7 Å². The van der Waals surface area contributed by atoms with E-state index < -0.39 is 0 Å². The molecule has 2 aromatic heterocycles. The van der Waals surface area contributed by atoms with Crippen molar-refractivity contribution in [2.75, 3.05) is 25.0 Å². The van der Waals surface area contributed by atoms with Gasteiger partial charge < -0.3 is 20.7 Å². The Kier molecular flexibility index (Phi) is 6.75. The number of carbonyl (C=O) groups excluding carboxylic acids is 1. The first-order valence-electron chi connectivity index (χ1n) is 13.1. The second-order valence-electron chi connectivity index (χ2n) is 9.94. The lowest BCUT2D eigenvalue weighted by Crippen LogP contribution is -2.41. The molecule has 1 fully saturated rings. The summed E-state index contributed by atoms with van der Waals surface area (Å²) in [5.41, 5.74) is 5.00. The molecule has 0 saturated carbocycles. The molecule has 1 aliphatic carbocycles. The fourth-order valence-electron chi connectivity index (χ4n) is 5.11. The van der Waals surface area contributed by atoms with Gasteiger partial charge in [-0.2, -0.15) is 5.10 Å². The summed E-state index contributed by atoms with van der Waals surface area (Å²) in [4.78, 5) is 22.2. The van der Waals surface area contributed by atoms with E-state index in [1.165, 1.54) is 0 Å². The quantitative estimate of drug-likeness (QED) is 0.285. The zero-order chi connectivity index (χ0) is 25.9. The van der Waals surface area contributed by atoms with Gasteiger partial charge in [-0.1, -0.05) is 24.3 Å². The summed E-state index contributed by atoms with van der Waals surface area (Å²) in [6.07, 6.45) is 6.80. The van der Waals surface area contributed by atoms with Gasteiger partial charge in [-0.25, -0.2) is 9.97 Å². The van der Waals surface area contributed by atoms with Crippen LogP contribution in [0.4, 0.5) is 5.82 Å². The molecule has 1 saturated heterocycles. The minimum absolute atomic E-state index is 0.0382. The average Bonchev–Trinajstić information content (AvgIpc) is 3.64. The zero-order valence-electron chi connectivity index (χ0n) is 21.3. The standard InChI is InChI=1S/C29H31N7O2/c1-18(20-11-12-30-15-20)32-27(37)17-38-23-6-4-5-19(14-23)28-34-26-8-3-2-7-24(26)29(35-28)33-22-9-10-25-21(13-22)16-31-36-25/h2-8,13-14,16,18,20,30H,9-12,15,17H2,1H3,(H,31,36)(H,32,37)(H,33,34,35)/t18-,20?/m1/s1. The van der Waals surface area contributed by atoms with Crippen LogP contribution < -0.4 is 20.7 Å². The Balaban J connectivity index is 1.20. The van der Waals surface area contributed by atoms with Crippen molar-refractivity contribution in [3.8, 4) is 17.1 Å². The molecule has 0 bridgehead atoms. The number of aromatic amines is 1. The van der Waals surface area contributed by atoms with Crippen LogP contribution in [0.3, 0.4) is 0 Å².